The number of hydrogen-bond donors (Lipinski definition) is 2. The molecule has 3 rings (SSSR count). The minimum atomic E-state index is -0.724. The molecule has 1 saturated heterocycles. The van der Waals surface area contributed by atoms with Crippen LogP contribution >= 0.6 is 0 Å². The number of rotatable bonds is 6. The molecule has 1 atom stereocenters. The smallest absolute Gasteiger partial charge is 0.251 e. The van der Waals surface area contributed by atoms with E-state index in [1.165, 1.54) is 7.11 Å². The van der Waals surface area contributed by atoms with Crippen molar-refractivity contribution in [3.8, 4) is 5.75 Å². The second-order valence-corrected chi connectivity index (χ2v) is 6.59. The molecule has 0 aromatic heterocycles. The first-order valence-corrected chi connectivity index (χ1v) is 9.15. The van der Waals surface area contributed by atoms with Crippen molar-refractivity contribution in [2.45, 2.75) is 25.8 Å². The standard InChI is InChI=1S/C21H23N3O4/c1-14(22-21(27)15-7-4-3-5-8-15)20(26)23-16-10-11-17(18(13-16)28-2)24-12-6-9-19(24)25/h3-5,7-8,10-11,13-14H,6,9,12H2,1-2H3,(H,22,27)(H,23,26). The number of nitrogens with one attached hydrogen (secondary N) is 2. The van der Waals surface area contributed by atoms with Gasteiger partial charge in [0.2, 0.25) is 11.8 Å². The van der Waals surface area contributed by atoms with E-state index < -0.39 is 6.04 Å². The Balaban J connectivity index is 1.66. The molecule has 1 aliphatic heterocycles. The molecule has 0 saturated carbocycles. The predicted octanol–water partition coefficient (Wildman–Crippen LogP) is 2.58. The van der Waals surface area contributed by atoms with Gasteiger partial charge in [0.1, 0.15) is 11.8 Å². The molecule has 2 aromatic rings. The Hall–Kier alpha value is -3.35. The second-order valence-electron chi connectivity index (χ2n) is 6.59. The maximum absolute atomic E-state index is 12.4. The fraction of sp³-hybridized carbons (Fsp3) is 0.286. The molecule has 2 aromatic carbocycles. The highest BCUT2D eigenvalue weighted by Gasteiger charge is 2.25. The van der Waals surface area contributed by atoms with Crippen molar-refractivity contribution in [1.82, 2.24) is 5.32 Å². The lowest BCUT2D eigenvalue weighted by atomic mass is 10.2. The highest BCUT2D eigenvalue weighted by molar-refractivity contribution is 6.01. The Morgan fingerprint density at radius 2 is 1.89 bits per heavy atom. The van der Waals surface area contributed by atoms with E-state index in [9.17, 15) is 14.4 Å². The van der Waals surface area contributed by atoms with Crippen molar-refractivity contribution in [2.24, 2.45) is 0 Å². The zero-order chi connectivity index (χ0) is 20.1. The first-order valence-electron chi connectivity index (χ1n) is 9.15. The van der Waals surface area contributed by atoms with Crippen LogP contribution in [-0.2, 0) is 9.59 Å². The Bertz CT molecular complexity index is 882. The zero-order valence-corrected chi connectivity index (χ0v) is 15.9. The molecule has 1 fully saturated rings. The highest BCUT2D eigenvalue weighted by atomic mass is 16.5. The number of carbonyl (C=O) groups is 3. The summed E-state index contributed by atoms with van der Waals surface area (Å²) in [5, 5.41) is 5.44. The summed E-state index contributed by atoms with van der Waals surface area (Å²) in [6, 6.07) is 13.1. The Morgan fingerprint density at radius 3 is 2.54 bits per heavy atom. The van der Waals surface area contributed by atoms with Gasteiger partial charge in [0, 0.05) is 30.3 Å². The summed E-state index contributed by atoms with van der Waals surface area (Å²) in [6.07, 6.45) is 1.35. The number of hydrogen-bond acceptors (Lipinski definition) is 4. The van der Waals surface area contributed by atoms with Gasteiger partial charge in [-0.05, 0) is 37.6 Å². The normalized spacial score (nSPS) is 14.5. The number of ether oxygens (including phenoxy) is 1. The molecule has 0 bridgehead atoms. The summed E-state index contributed by atoms with van der Waals surface area (Å²) in [4.78, 5) is 38.3. The van der Waals surface area contributed by atoms with Crippen LogP contribution in [0.1, 0.15) is 30.1 Å². The van der Waals surface area contributed by atoms with Crippen LogP contribution in [0.25, 0.3) is 0 Å². The number of methoxy groups -OCH3 is 1. The molecule has 0 radical (unpaired) electrons. The van der Waals surface area contributed by atoms with Gasteiger partial charge in [-0.15, -0.1) is 0 Å². The van der Waals surface area contributed by atoms with Crippen LogP contribution < -0.4 is 20.3 Å². The first kappa shape index (κ1) is 19.4. The molecule has 0 spiro atoms. The highest BCUT2D eigenvalue weighted by Crippen LogP contribution is 2.33. The molecule has 146 valence electrons. The Labute approximate surface area is 163 Å². The first-order chi connectivity index (χ1) is 13.5. The molecule has 1 unspecified atom stereocenters. The van der Waals surface area contributed by atoms with Crippen LogP contribution in [0.3, 0.4) is 0 Å². The summed E-state index contributed by atoms with van der Waals surface area (Å²) in [5.41, 5.74) is 1.70. The maximum Gasteiger partial charge on any atom is 0.251 e. The van der Waals surface area contributed by atoms with Gasteiger partial charge in [-0.25, -0.2) is 0 Å². The van der Waals surface area contributed by atoms with Gasteiger partial charge in [0.05, 0.1) is 12.8 Å². The molecule has 7 nitrogen and oxygen atoms in total. The number of amides is 3. The summed E-state index contributed by atoms with van der Waals surface area (Å²) in [5.74, 6) is -0.0959. The van der Waals surface area contributed by atoms with E-state index in [0.29, 0.717) is 35.7 Å². The molecular weight excluding hydrogens is 358 g/mol. The third kappa shape index (κ3) is 4.31. The Morgan fingerprint density at radius 1 is 1.14 bits per heavy atom. The monoisotopic (exact) mass is 381 g/mol. The van der Waals surface area contributed by atoms with Gasteiger partial charge >= 0.3 is 0 Å². The average Bonchev–Trinajstić information content (AvgIpc) is 3.14. The van der Waals surface area contributed by atoms with Gasteiger partial charge in [-0.3, -0.25) is 14.4 Å². The third-order valence-corrected chi connectivity index (χ3v) is 4.59. The zero-order valence-electron chi connectivity index (χ0n) is 15.9. The molecular formula is C21H23N3O4. The fourth-order valence-corrected chi connectivity index (χ4v) is 3.07. The summed E-state index contributed by atoms with van der Waals surface area (Å²) >= 11 is 0. The predicted molar refractivity (Wildman–Crippen MR) is 107 cm³/mol. The minimum Gasteiger partial charge on any atom is -0.494 e. The molecule has 7 heteroatoms. The number of anilines is 2. The van der Waals surface area contributed by atoms with Crippen molar-refractivity contribution in [1.29, 1.82) is 0 Å². The van der Waals surface area contributed by atoms with Crippen molar-refractivity contribution < 1.29 is 19.1 Å². The van der Waals surface area contributed by atoms with Crippen molar-refractivity contribution >= 4 is 29.1 Å². The maximum atomic E-state index is 12.4. The number of nitrogens with zero attached hydrogens (tertiary/aromatic N) is 1. The van der Waals surface area contributed by atoms with Crippen LogP contribution in [0.5, 0.6) is 5.75 Å². The molecule has 0 aliphatic carbocycles. The van der Waals surface area contributed by atoms with E-state index >= 15 is 0 Å². The lowest BCUT2D eigenvalue weighted by molar-refractivity contribution is -0.118. The molecule has 1 aliphatic rings. The lowest BCUT2D eigenvalue weighted by Crippen LogP contribution is -2.41. The van der Waals surface area contributed by atoms with Crippen molar-refractivity contribution in [3.05, 3.63) is 54.1 Å². The quantitative estimate of drug-likeness (QED) is 0.805. The van der Waals surface area contributed by atoms with E-state index in [1.807, 2.05) is 6.07 Å². The molecule has 1 heterocycles. The van der Waals surface area contributed by atoms with Gasteiger partial charge in [0.25, 0.3) is 5.91 Å². The molecule has 3 amide bonds. The van der Waals surface area contributed by atoms with Gasteiger partial charge in [-0.2, -0.15) is 0 Å². The van der Waals surface area contributed by atoms with E-state index in [0.717, 1.165) is 6.42 Å². The summed E-state index contributed by atoms with van der Waals surface area (Å²) < 4.78 is 5.40. The Kier molecular flexibility index (Phi) is 5.93. The SMILES string of the molecule is COc1cc(NC(=O)C(C)NC(=O)c2ccccc2)ccc1N1CCCC1=O. The van der Waals surface area contributed by atoms with Gasteiger partial charge in [0.15, 0.2) is 0 Å². The summed E-state index contributed by atoms with van der Waals surface area (Å²) in [6.45, 7) is 2.27. The fourth-order valence-electron chi connectivity index (χ4n) is 3.07. The van der Waals surface area contributed by atoms with Gasteiger partial charge < -0.3 is 20.3 Å². The van der Waals surface area contributed by atoms with E-state index in [4.69, 9.17) is 4.74 Å². The molecule has 2 N–H and O–H groups in total. The van der Waals surface area contributed by atoms with E-state index in [2.05, 4.69) is 10.6 Å². The lowest BCUT2D eigenvalue weighted by Gasteiger charge is -2.20. The largest absolute Gasteiger partial charge is 0.494 e. The van der Waals surface area contributed by atoms with Crippen molar-refractivity contribution in [3.63, 3.8) is 0 Å². The van der Waals surface area contributed by atoms with Crippen molar-refractivity contribution in [2.75, 3.05) is 23.9 Å². The minimum absolute atomic E-state index is 0.0623. The van der Waals surface area contributed by atoms with E-state index in [-0.39, 0.29) is 17.7 Å². The number of benzene rings is 2. The topological polar surface area (TPSA) is 87.7 Å². The third-order valence-electron chi connectivity index (χ3n) is 4.59. The molecule has 28 heavy (non-hydrogen) atoms. The van der Waals surface area contributed by atoms with Crippen LogP contribution in [0.2, 0.25) is 0 Å². The van der Waals surface area contributed by atoms with E-state index in [1.54, 1.807) is 54.3 Å². The van der Waals surface area contributed by atoms with Crippen LogP contribution in [0, 0.1) is 0 Å². The van der Waals surface area contributed by atoms with Crippen LogP contribution in [0.4, 0.5) is 11.4 Å². The van der Waals surface area contributed by atoms with Crippen LogP contribution in [-0.4, -0.2) is 37.4 Å². The van der Waals surface area contributed by atoms with Gasteiger partial charge in [-0.1, -0.05) is 18.2 Å². The number of carbonyl (C=O) groups excluding carboxylic acids is 3. The van der Waals surface area contributed by atoms with Crippen LogP contribution in [0.15, 0.2) is 48.5 Å². The second kappa shape index (κ2) is 8.56. The average molecular weight is 381 g/mol. The summed E-state index contributed by atoms with van der Waals surface area (Å²) in [7, 11) is 1.52.